The fourth-order valence-corrected chi connectivity index (χ4v) is 3.67. The summed E-state index contributed by atoms with van der Waals surface area (Å²) in [6.07, 6.45) is -5.60. The second-order valence-electron chi connectivity index (χ2n) is 8.46. The zero-order chi connectivity index (χ0) is 25.2. The maximum absolute atomic E-state index is 13.2. The Labute approximate surface area is 190 Å². The molecule has 0 aliphatic carbocycles. The zero-order valence-corrected chi connectivity index (χ0v) is 19.5. The van der Waals surface area contributed by atoms with Gasteiger partial charge in [-0.3, -0.25) is 10.1 Å². The molecule has 0 saturated heterocycles. The van der Waals surface area contributed by atoms with E-state index in [2.05, 4.69) is 10.6 Å². The van der Waals surface area contributed by atoms with Gasteiger partial charge in [-0.25, -0.2) is 13.2 Å². The summed E-state index contributed by atoms with van der Waals surface area (Å²) in [5.41, 5.74) is -2.29. The smallest absolute Gasteiger partial charge is 0.416 e. The van der Waals surface area contributed by atoms with Crippen molar-refractivity contribution in [2.45, 2.75) is 56.5 Å². The van der Waals surface area contributed by atoms with Crippen LogP contribution >= 0.6 is 0 Å². The Balaban J connectivity index is 2.35. The first-order chi connectivity index (χ1) is 15.0. The van der Waals surface area contributed by atoms with Gasteiger partial charge in [0.15, 0.2) is 9.84 Å². The number of nitrogens with one attached hydrogen (secondary N) is 2. The van der Waals surface area contributed by atoms with Crippen molar-refractivity contribution in [3.05, 3.63) is 53.6 Å². The lowest BCUT2D eigenvalue weighted by Gasteiger charge is -2.21. The molecule has 0 atom stereocenters. The van der Waals surface area contributed by atoms with Crippen molar-refractivity contribution in [2.24, 2.45) is 0 Å². The van der Waals surface area contributed by atoms with E-state index in [9.17, 15) is 31.2 Å². The summed E-state index contributed by atoms with van der Waals surface area (Å²) < 4.78 is 69.1. The second-order valence-corrected chi connectivity index (χ2v) is 11.0. The van der Waals surface area contributed by atoms with E-state index in [4.69, 9.17) is 4.74 Å². The van der Waals surface area contributed by atoms with Crippen LogP contribution in [-0.4, -0.2) is 31.3 Å². The third-order valence-corrected chi connectivity index (χ3v) is 6.47. The average molecular weight is 487 g/mol. The van der Waals surface area contributed by atoms with Crippen LogP contribution in [0.15, 0.2) is 47.4 Å². The van der Waals surface area contributed by atoms with Crippen LogP contribution in [0, 0.1) is 0 Å². The maximum Gasteiger partial charge on any atom is 0.416 e. The topological polar surface area (TPSA) is 102 Å². The predicted octanol–water partition coefficient (Wildman–Crippen LogP) is 5.49. The molecule has 0 radical (unpaired) electrons. The molecule has 2 amide bonds. The molecule has 0 aliphatic rings. The van der Waals surface area contributed by atoms with Gasteiger partial charge in [0.05, 0.1) is 27.1 Å². The van der Waals surface area contributed by atoms with Gasteiger partial charge in [-0.05, 0) is 77.1 Å². The minimum absolute atomic E-state index is 0.0123. The van der Waals surface area contributed by atoms with Gasteiger partial charge in [0, 0.05) is 5.56 Å². The molecule has 0 unspecified atom stereocenters. The lowest BCUT2D eigenvalue weighted by Crippen LogP contribution is -2.27. The number of sulfone groups is 1. The van der Waals surface area contributed by atoms with E-state index in [0.717, 1.165) is 12.1 Å². The molecular weight excluding hydrogens is 461 g/mol. The van der Waals surface area contributed by atoms with Crippen LogP contribution in [0.1, 0.15) is 50.5 Å². The Morgan fingerprint density at radius 2 is 1.48 bits per heavy atom. The lowest BCUT2D eigenvalue weighted by atomic mass is 10.1. The standard InChI is InChI=1S/C22H25F3N2O5S/c1-13(2)33(30,31)16-9-6-14(7-10-16)19(28)26-18-12-15(22(23,24)25)8-11-17(18)27-20(29)32-21(3,4)5/h6-13H,1-5H3,(H,26,28)(H,27,29). The van der Waals surface area contributed by atoms with Crippen molar-refractivity contribution in [1.29, 1.82) is 0 Å². The summed E-state index contributed by atoms with van der Waals surface area (Å²) in [6, 6.07) is 7.43. The molecule has 180 valence electrons. The number of hydrogen-bond acceptors (Lipinski definition) is 5. The highest BCUT2D eigenvalue weighted by Crippen LogP contribution is 2.34. The number of carbonyl (C=O) groups is 2. The molecule has 2 rings (SSSR count). The number of carbonyl (C=O) groups excluding carboxylic acids is 2. The number of benzene rings is 2. The van der Waals surface area contributed by atoms with Crippen LogP contribution in [0.25, 0.3) is 0 Å². The molecule has 2 N–H and O–H groups in total. The zero-order valence-electron chi connectivity index (χ0n) is 18.7. The number of ether oxygens (including phenoxy) is 1. The number of alkyl halides is 3. The average Bonchev–Trinajstić information content (AvgIpc) is 2.67. The van der Waals surface area contributed by atoms with Gasteiger partial charge >= 0.3 is 12.3 Å². The molecule has 0 saturated carbocycles. The van der Waals surface area contributed by atoms with Crippen LogP contribution in [0.3, 0.4) is 0 Å². The van der Waals surface area contributed by atoms with E-state index >= 15 is 0 Å². The van der Waals surface area contributed by atoms with E-state index in [1.807, 2.05) is 0 Å². The minimum Gasteiger partial charge on any atom is -0.444 e. The highest BCUT2D eigenvalue weighted by Gasteiger charge is 2.31. The van der Waals surface area contributed by atoms with Crippen LogP contribution in [0.5, 0.6) is 0 Å². The van der Waals surface area contributed by atoms with Crippen molar-refractivity contribution in [1.82, 2.24) is 0 Å². The maximum atomic E-state index is 13.2. The molecule has 33 heavy (non-hydrogen) atoms. The third kappa shape index (κ3) is 6.95. The fraction of sp³-hybridized carbons (Fsp3) is 0.364. The Hall–Kier alpha value is -3.08. The summed E-state index contributed by atoms with van der Waals surface area (Å²) in [5, 5.41) is 3.99. The highest BCUT2D eigenvalue weighted by atomic mass is 32.2. The first-order valence-corrected chi connectivity index (χ1v) is 11.4. The molecule has 0 bridgehead atoms. The first kappa shape index (κ1) is 26.2. The summed E-state index contributed by atoms with van der Waals surface area (Å²) >= 11 is 0. The number of hydrogen-bond donors (Lipinski definition) is 2. The van der Waals surface area contributed by atoms with Crippen molar-refractivity contribution in [3.8, 4) is 0 Å². The molecule has 2 aromatic carbocycles. The van der Waals surface area contributed by atoms with Gasteiger partial charge in [-0.1, -0.05) is 0 Å². The van der Waals surface area contributed by atoms with E-state index in [-0.39, 0.29) is 21.8 Å². The van der Waals surface area contributed by atoms with Crippen LogP contribution in [0.2, 0.25) is 0 Å². The molecule has 11 heteroatoms. The molecule has 0 fully saturated rings. The van der Waals surface area contributed by atoms with Crippen molar-refractivity contribution >= 4 is 33.2 Å². The van der Waals surface area contributed by atoms with Crippen LogP contribution in [-0.2, 0) is 20.8 Å². The van der Waals surface area contributed by atoms with Crippen molar-refractivity contribution < 1.29 is 35.9 Å². The summed E-state index contributed by atoms with van der Waals surface area (Å²) in [4.78, 5) is 24.7. The van der Waals surface area contributed by atoms with Gasteiger partial charge in [-0.2, -0.15) is 13.2 Å². The third-order valence-electron chi connectivity index (χ3n) is 4.30. The molecule has 0 aromatic heterocycles. The minimum atomic E-state index is -4.68. The summed E-state index contributed by atoms with van der Waals surface area (Å²) in [7, 11) is -3.55. The molecule has 7 nitrogen and oxygen atoms in total. The van der Waals surface area contributed by atoms with E-state index in [1.54, 1.807) is 20.8 Å². The van der Waals surface area contributed by atoms with Crippen LogP contribution in [0.4, 0.5) is 29.3 Å². The summed E-state index contributed by atoms with van der Waals surface area (Å²) in [5.74, 6) is -0.796. The van der Waals surface area contributed by atoms with Crippen molar-refractivity contribution in [3.63, 3.8) is 0 Å². The van der Waals surface area contributed by atoms with E-state index in [1.165, 1.54) is 38.1 Å². The quantitative estimate of drug-likeness (QED) is 0.582. The Morgan fingerprint density at radius 3 is 1.97 bits per heavy atom. The van der Waals surface area contributed by atoms with Gasteiger partial charge in [0.1, 0.15) is 5.60 Å². The van der Waals surface area contributed by atoms with Gasteiger partial charge in [0.2, 0.25) is 0 Å². The van der Waals surface area contributed by atoms with Crippen LogP contribution < -0.4 is 10.6 Å². The highest BCUT2D eigenvalue weighted by molar-refractivity contribution is 7.92. The number of anilines is 2. The normalized spacial score (nSPS) is 12.4. The number of amides is 2. The lowest BCUT2D eigenvalue weighted by molar-refractivity contribution is -0.137. The molecular formula is C22H25F3N2O5S. The Morgan fingerprint density at radius 1 is 0.909 bits per heavy atom. The monoisotopic (exact) mass is 486 g/mol. The SMILES string of the molecule is CC(C)S(=O)(=O)c1ccc(C(=O)Nc2cc(C(F)(F)F)ccc2NC(=O)OC(C)(C)C)cc1. The Bertz CT molecular complexity index is 1140. The van der Waals surface area contributed by atoms with E-state index < -0.39 is 44.4 Å². The molecule has 0 aliphatic heterocycles. The van der Waals surface area contributed by atoms with Crippen molar-refractivity contribution in [2.75, 3.05) is 10.6 Å². The van der Waals surface area contributed by atoms with Gasteiger partial charge < -0.3 is 10.1 Å². The number of rotatable bonds is 5. The largest absolute Gasteiger partial charge is 0.444 e. The predicted molar refractivity (Wildman–Crippen MR) is 118 cm³/mol. The van der Waals surface area contributed by atoms with E-state index in [0.29, 0.717) is 6.07 Å². The second kappa shape index (κ2) is 9.42. The molecule has 2 aromatic rings. The fourth-order valence-electron chi connectivity index (χ4n) is 2.61. The van der Waals surface area contributed by atoms with Gasteiger partial charge in [0.25, 0.3) is 5.91 Å². The molecule has 0 heterocycles. The number of halogens is 3. The summed E-state index contributed by atoms with van der Waals surface area (Å²) in [6.45, 7) is 7.88. The first-order valence-electron chi connectivity index (χ1n) is 9.87. The van der Waals surface area contributed by atoms with Gasteiger partial charge in [-0.15, -0.1) is 0 Å². The Kier molecular flexibility index (Phi) is 7.47. The molecule has 0 spiro atoms.